The summed E-state index contributed by atoms with van der Waals surface area (Å²) in [5.74, 6) is 0.855. The molecule has 108 valence electrons. The fourth-order valence-electron chi connectivity index (χ4n) is 2.98. The first-order chi connectivity index (χ1) is 9.74. The molecule has 4 nitrogen and oxygen atoms in total. The summed E-state index contributed by atoms with van der Waals surface area (Å²) in [6, 6.07) is 8.56. The molecule has 0 bridgehead atoms. The van der Waals surface area contributed by atoms with E-state index in [0.29, 0.717) is 19.1 Å². The smallest absolute Gasteiger partial charge is 0.305 e. The second kappa shape index (κ2) is 6.16. The fourth-order valence-corrected chi connectivity index (χ4v) is 4.22. The van der Waals surface area contributed by atoms with Crippen LogP contribution in [0.15, 0.2) is 29.2 Å². The Balaban J connectivity index is 1.68. The third-order valence-corrected chi connectivity index (χ3v) is 5.27. The molecule has 2 atom stereocenters. The normalized spacial score (nSPS) is 26.4. The number of thioether (sulfide) groups is 1. The lowest BCUT2D eigenvalue weighted by Crippen LogP contribution is -2.48. The molecule has 3 rings (SSSR count). The van der Waals surface area contributed by atoms with Gasteiger partial charge in [-0.3, -0.25) is 9.69 Å². The lowest BCUT2D eigenvalue weighted by molar-refractivity contribution is -0.140. The van der Waals surface area contributed by atoms with Crippen molar-refractivity contribution in [1.29, 1.82) is 0 Å². The van der Waals surface area contributed by atoms with Crippen LogP contribution >= 0.6 is 11.8 Å². The molecule has 0 spiro atoms. The average molecular weight is 293 g/mol. The lowest BCUT2D eigenvalue weighted by Gasteiger charge is -2.36. The molecular weight excluding hydrogens is 274 g/mol. The van der Waals surface area contributed by atoms with Gasteiger partial charge in [0, 0.05) is 35.7 Å². The molecule has 0 saturated carbocycles. The second-order valence-electron chi connectivity index (χ2n) is 5.37. The van der Waals surface area contributed by atoms with E-state index in [1.165, 1.54) is 10.5 Å². The van der Waals surface area contributed by atoms with Gasteiger partial charge in [-0.1, -0.05) is 18.2 Å². The van der Waals surface area contributed by atoms with Crippen molar-refractivity contribution in [3.8, 4) is 0 Å². The largest absolute Gasteiger partial charge is 0.481 e. The number of hydrogen-bond acceptors (Lipinski definition) is 4. The van der Waals surface area contributed by atoms with Gasteiger partial charge in [0.2, 0.25) is 0 Å². The molecule has 20 heavy (non-hydrogen) atoms. The molecule has 2 heterocycles. The summed E-state index contributed by atoms with van der Waals surface area (Å²) in [7, 11) is 0. The zero-order valence-corrected chi connectivity index (χ0v) is 12.1. The molecule has 1 saturated heterocycles. The van der Waals surface area contributed by atoms with Crippen molar-refractivity contribution >= 4 is 17.7 Å². The van der Waals surface area contributed by atoms with Gasteiger partial charge in [0.05, 0.1) is 19.6 Å². The Kier molecular flexibility index (Phi) is 4.29. The third-order valence-electron chi connectivity index (χ3n) is 4.01. The van der Waals surface area contributed by atoms with E-state index in [4.69, 9.17) is 9.84 Å². The Morgan fingerprint density at radius 3 is 3.15 bits per heavy atom. The molecule has 0 aliphatic carbocycles. The van der Waals surface area contributed by atoms with Crippen LogP contribution in [0, 0.1) is 0 Å². The highest BCUT2D eigenvalue weighted by atomic mass is 32.2. The Bertz CT molecular complexity index is 494. The standard InChI is InChI=1S/C15H19NO3S/c17-15(18)7-12-9-19-6-5-16(12)8-11-10-20-14-4-2-1-3-13(11)14/h1-4,11-12H,5-10H2,(H,17,18). The number of fused-ring (bicyclic) bond motifs is 1. The lowest BCUT2D eigenvalue weighted by atomic mass is 9.99. The molecule has 2 aliphatic heterocycles. The molecule has 2 aliphatic rings. The van der Waals surface area contributed by atoms with Crippen LogP contribution in [0.25, 0.3) is 0 Å². The van der Waals surface area contributed by atoms with Crippen LogP contribution in [0.5, 0.6) is 0 Å². The summed E-state index contributed by atoms with van der Waals surface area (Å²) in [5, 5.41) is 9.02. The van der Waals surface area contributed by atoms with E-state index in [2.05, 4.69) is 29.2 Å². The maximum absolute atomic E-state index is 11.0. The molecular formula is C15H19NO3S. The predicted molar refractivity (Wildman–Crippen MR) is 78.3 cm³/mol. The van der Waals surface area contributed by atoms with Crippen LogP contribution in [0.2, 0.25) is 0 Å². The van der Waals surface area contributed by atoms with Gasteiger partial charge in [0.15, 0.2) is 0 Å². The highest BCUT2D eigenvalue weighted by Crippen LogP contribution is 2.40. The number of carboxylic acids is 1. The molecule has 1 aromatic rings. The van der Waals surface area contributed by atoms with Gasteiger partial charge in [0.25, 0.3) is 0 Å². The van der Waals surface area contributed by atoms with Crippen molar-refractivity contribution in [2.45, 2.75) is 23.3 Å². The molecule has 0 aromatic heterocycles. The summed E-state index contributed by atoms with van der Waals surface area (Å²) in [6.45, 7) is 3.01. The monoisotopic (exact) mass is 293 g/mol. The molecule has 1 aromatic carbocycles. The zero-order valence-electron chi connectivity index (χ0n) is 11.3. The first-order valence-corrected chi connectivity index (χ1v) is 7.98. The van der Waals surface area contributed by atoms with Crippen LogP contribution in [-0.4, -0.2) is 54.1 Å². The summed E-state index contributed by atoms with van der Waals surface area (Å²) in [6.07, 6.45) is 0.168. The van der Waals surface area contributed by atoms with Crippen LogP contribution in [0.4, 0.5) is 0 Å². The number of carboxylic acid groups (broad SMARTS) is 1. The van der Waals surface area contributed by atoms with E-state index in [0.717, 1.165) is 18.8 Å². The molecule has 0 amide bonds. The minimum atomic E-state index is -0.744. The van der Waals surface area contributed by atoms with E-state index >= 15 is 0 Å². The van der Waals surface area contributed by atoms with Crippen molar-refractivity contribution < 1.29 is 14.6 Å². The highest BCUT2D eigenvalue weighted by Gasteiger charge is 2.30. The van der Waals surface area contributed by atoms with Gasteiger partial charge in [0.1, 0.15) is 0 Å². The van der Waals surface area contributed by atoms with Gasteiger partial charge in [-0.25, -0.2) is 0 Å². The topological polar surface area (TPSA) is 49.8 Å². The van der Waals surface area contributed by atoms with Crippen molar-refractivity contribution in [3.63, 3.8) is 0 Å². The number of carbonyl (C=O) groups is 1. The van der Waals surface area contributed by atoms with Gasteiger partial charge < -0.3 is 9.84 Å². The second-order valence-corrected chi connectivity index (χ2v) is 6.43. The van der Waals surface area contributed by atoms with Crippen LogP contribution < -0.4 is 0 Å². The zero-order chi connectivity index (χ0) is 13.9. The fraction of sp³-hybridized carbons (Fsp3) is 0.533. The van der Waals surface area contributed by atoms with Gasteiger partial charge in [-0.2, -0.15) is 0 Å². The summed E-state index contributed by atoms with van der Waals surface area (Å²) in [4.78, 5) is 14.6. The molecule has 2 unspecified atom stereocenters. The van der Waals surface area contributed by atoms with E-state index < -0.39 is 5.97 Å². The number of hydrogen-bond donors (Lipinski definition) is 1. The van der Waals surface area contributed by atoms with Crippen molar-refractivity contribution in [2.24, 2.45) is 0 Å². The maximum Gasteiger partial charge on any atom is 0.305 e. The quantitative estimate of drug-likeness (QED) is 0.921. The highest BCUT2D eigenvalue weighted by molar-refractivity contribution is 7.99. The SMILES string of the molecule is O=C(O)CC1COCCN1CC1CSc2ccccc21. The number of rotatable bonds is 4. The summed E-state index contributed by atoms with van der Waals surface area (Å²) >= 11 is 1.91. The van der Waals surface area contributed by atoms with Gasteiger partial charge in [-0.15, -0.1) is 11.8 Å². The van der Waals surface area contributed by atoms with Gasteiger partial charge >= 0.3 is 5.97 Å². The van der Waals surface area contributed by atoms with E-state index in [-0.39, 0.29) is 12.5 Å². The number of nitrogens with zero attached hydrogens (tertiary/aromatic N) is 1. The van der Waals surface area contributed by atoms with Crippen LogP contribution in [0.1, 0.15) is 17.9 Å². The number of ether oxygens (including phenoxy) is 1. The maximum atomic E-state index is 11.0. The Morgan fingerprint density at radius 2 is 2.30 bits per heavy atom. The Labute approximate surface area is 123 Å². The van der Waals surface area contributed by atoms with Crippen molar-refractivity contribution in [3.05, 3.63) is 29.8 Å². The van der Waals surface area contributed by atoms with Crippen LogP contribution in [0.3, 0.4) is 0 Å². The number of aliphatic carboxylic acids is 1. The first kappa shape index (κ1) is 13.9. The van der Waals surface area contributed by atoms with Crippen molar-refractivity contribution in [1.82, 2.24) is 4.90 Å². The van der Waals surface area contributed by atoms with E-state index in [1.807, 2.05) is 11.8 Å². The van der Waals surface area contributed by atoms with E-state index in [9.17, 15) is 4.79 Å². The average Bonchev–Trinajstić information content (AvgIpc) is 2.84. The number of morpholine rings is 1. The molecule has 0 radical (unpaired) electrons. The molecule has 1 N–H and O–H groups in total. The molecule has 1 fully saturated rings. The predicted octanol–water partition coefficient (Wildman–Crippen LogP) is 2.05. The van der Waals surface area contributed by atoms with E-state index in [1.54, 1.807) is 0 Å². The van der Waals surface area contributed by atoms with Gasteiger partial charge in [-0.05, 0) is 11.6 Å². The first-order valence-electron chi connectivity index (χ1n) is 6.99. The minimum Gasteiger partial charge on any atom is -0.481 e. The summed E-state index contributed by atoms with van der Waals surface area (Å²) in [5.41, 5.74) is 1.41. The van der Waals surface area contributed by atoms with Crippen LogP contribution in [-0.2, 0) is 9.53 Å². The van der Waals surface area contributed by atoms with Crippen molar-refractivity contribution in [2.75, 3.05) is 32.1 Å². The summed E-state index contributed by atoms with van der Waals surface area (Å²) < 4.78 is 5.44. The Morgan fingerprint density at radius 1 is 1.45 bits per heavy atom. The Hall–Kier alpha value is -1.04. The third kappa shape index (κ3) is 3.00. The minimum absolute atomic E-state index is 0.0130. The number of benzene rings is 1. The molecule has 5 heteroatoms.